The van der Waals surface area contributed by atoms with E-state index in [-0.39, 0.29) is 11.9 Å². The molecule has 4 rings (SSSR count). The fourth-order valence-electron chi connectivity index (χ4n) is 4.74. The van der Waals surface area contributed by atoms with Gasteiger partial charge in [-0.15, -0.1) is 0 Å². The van der Waals surface area contributed by atoms with E-state index in [2.05, 4.69) is 40.0 Å². The Labute approximate surface area is 178 Å². The number of anilines is 1. The lowest BCUT2D eigenvalue weighted by atomic mass is 9.99. The summed E-state index contributed by atoms with van der Waals surface area (Å²) in [6, 6.07) is 10.6. The molecule has 1 saturated carbocycles. The maximum Gasteiger partial charge on any atom is 0.165 e. The van der Waals surface area contributed by atoms with Crippen molar-refractivity contribution in [1.82, 2.24) is 15.6 Å². The van der Waals surface area contributed by atoms with Crippen LogP contribution in [0.25, 0.3) is 0 Å². The molecule has 0 bridgehead atoms. The van der Waals surface area contributed by atoms with E-state index in [4.69, 9.17) is 4.74 Å². The Kier molecular flexibility index (Phi) is 6.85. The van der Waals surface area contributed by atoms with Crippen LogP contribution in [0.3, 0.4) is 0 Å². The lowest BCUT2D eigenvalue weighted by Crippen LogP contribution is -2.35. The molecule has 1 saturated heterocycles. The number of methoxy groups -OCH3 is 1. The minimum atomic E-state index is -0.319. The van der Waals surface area contributed by atoms with Gasteiger partial charge in [0.15, 0.2) is 11.6 Å². The van der Waals surface area contributed by atoms with E-state index in [9.17, 15) is 4.39 Å². The van der Waals surface area contributed by atoms with E-state index in [0.717, 1.165) is 50.2 Å². The molecule has 0 amide bonds. The van der Waals surface area contributed by atoms with Crippen molar-refractivity contribution >= 4 is 5.82 Å². The van der Waals surface area contributed by atoms with Gasteiger partial charge in [-0.2, -0.15) is 0 Å². The van der Waals surface area contributed by atoms with Gasteiger partial charge in [-0.3, -0.25) is 0 Å². The Balaban J connectivity index is 1.30. The number of piperidine rings is 1. The molecule has 1 aliphatic heterocycles. The fourth-order valence-corrected chi connectivity index (χ4v) is 4.74. The second kappa shape index (κ2) is 9.75. The average Bonchev–Trinajstić information content (AvgIpc) is 3.23. The molecule has 2 aromatic rings. The molecular weight excluding hydrogens is 379 g/mol. The predicted octanol–water partition coefficient (Wildman–Crippen LogP) is 4.38. The molecule has 1 aromatic carbocycles. The van der Waals surface area contributed by atoms with Gasteiger partial charge in [0.1, 0.15) is 5.82 Å². The highest BCUT2D eigenvalue weighted by atomic mass is 19.1. The van der Waals surface area contributed by atoms with Crippen molar-refractivity contribution in [3.8, 4) is 5.75 Å². The van der Waals surface area contributed by atoms with Crippen molar-refractivity contribution in [3.63, 3.8) is 0 Å². The Morgan fingerprint density at radius 2 is 1.93 bits per heavy atom. The topological polar surface area (TPSA) is 58.2 Å². The molecule has 6 heteroatoms. The third kappa shape index (κ3) is 5.10. The first-order chi connectivity index (χ1) is 14.6. The molecule has 2 fully saturated rings. The first kappa shape index (κ1) is 21.1. The first-order valence-corrected chi connectivity index (χ1v) is 11.1. The van der Waals surface area contributed by atoms with Gasteiger partial charge in [0.25, 0.3) is 0 Å². The van der Waals surface area contributed by atoms with Gasteiger partial charge >= 0.3 is 0 Å². The van der Waals surface area contributed by atoms with Crippen LogP contribution in [0.5, 0.6) is 5.75 Å². The number of halogens is 1. The Hall–Kier alpha value is -2.18. The van der Waals surface area contributed by atoms with E-state index < -0.39 is 0 Å². The van der Waals surface area contributed by atoms with Gasteiger partial charge in [-0.05, 0) is 87.4 Å². The summed E-state index contributed by atoms with van der Waals surface area (Å²) in [4.78, 5) is 4.68. The van der Waals surface area contributed by atoms with E-state index in [1.54, 1.807) is 6.07 Å². The number of ether oxygens (including phenoxy) is 1. The number of rotatable bonds is 7. The molecule has 2 heterocycles. The van der Waals surface area contributed by atoms with Crippen LogP contribution in [-0.4, -0.2) is 37.3 Å². The average molecular weight is 413 g/mol. The first-order valence-electron chi connectivity index (χ1n) is 11.1. The summed E-state index contributed by atoms with van der Waals surface area (Å²) in [7, 11) is 1.50. The minimum Gasteiger partial charge on any atom is -0.494 e. The van der Waals surface area contributed by atoms with Gasteiger partial charge in [0.2, 0.25) is 0 Å². The summed E-state index contributed by atoms with van der Waals surface area (Å²) < 4.78 is 18.8. The summed E-state index contributed by atoms with van der Waals surface area (Å²) >= 11 is 0. The molecule has 5 nitrogen and oxygen atoms in total. The smallest absolute Gasteiger partial charge is 0.165 e. The van der Waals surface area contributed by atoms with Crippen LogP contribution in [0.4, 0.5) is 10.2 Å². The van der Waals surface area contributed by atoms with Crippen LogP contribution in [0.1, 0.15) is 62.1 Å². The highest BCUT2D eigenvalue weighted by molar-refractivity contribution is 5.38. The normalized spacial score (nSPS) is 23.3. The Morgan fingerprint density at radius 1 is 1.10 bits per heavy atom. The summed E-state index contributed by atoms with van der Waals surface area (Å²) in [5.74, 6) is 1.50. The number of hydrogen-bond acceptors (Lipinski definition) is 5. The van der Waals surface area contributed by atoms with Crippen molar-refractivity contribution in [3.05, 3.63) is 53.5 Å². The van der Waals surface area contributed by atoms with Crippen LogP contribution in [0, 0.1) is 5.82 Å². The lowest BCUT2D eigenvalue weighted by Gasteiger charge is -2.24. The van der Waals surface area contributed by atoms with Crippen molar-refractivity contribution in [1.29, 1.82) is 0 Å². The highest BCUT2D eigenvalue weighted by Crippen LogP contribution is 2.35. The zero-order chi connectivity index (χ0) is 20.9. The third-order valence-electron chi connectivity index (χ3n) is 6.54. The molecule has 3 N–H and O–H groups in total. The Morgan fingerprint density at radius 3 is 2.67 bits per heavy atom. The van der Waals surface area contributed by atoms with E-state index in [1.807, 2.05) is 12.3 Å². The number of benzene rings is 1. The zero-order valence-corrected chi connectivity index (χ0v) is 18.0. The molecule has 2 aliphatic rings. The largest absolute Gasteiger partial charge is 0.494 e. The molecule has 0 spiro atoms. The number of nitrogens with one attached hydrogen (secondary N) is 3. The van der Waals surface area contributed by atoms with Crippen molar-refractivity contribution in [2.24, 2.45) is 0 Å². The van der Waals surface area contributed by atoms with Gasteiger partial charge in [0, 0.05) is 24.3 Å². The minimum absolute atomic E-state index is 0.151. The standard InChI is InChI=1S/C24H33FN4O/c1-16(17-4-7-22(25)23(14-17)30-2)28-21-6-3-18(13-21)19-5-8-24(27-15-19)29-20-9-11-26-12-10-20/h4-5,7-8,14-16,18,20-21,26,28H,3,6,9-13H2,1-2H3,(H,27,29)/t16?,18-,21+/m1/s1. The predicted molar refractivity (Wildman–Crippen MR) is 119 cm³/mol. The molecule has 0 radical (unpaired) electrons. The molecule has 3 atom stereocenters. The van der Waals surface area contributed by atoms with E-state index in [1.165, 1.54) is 25.2 Å². The van der Waals surface area contributed by atoms with Gasteiger partial charge < -0.3 is 20.7 Å². The van der Waals surface area contributed by atoms with Crippen LogP contribution in [0.2, 0.25) is 0 Å². The number of nitrogens with zero attached hydrogens (tertiary/aromatic N) is 1. The van der Waals surface area contributed by atoms with Gasteiger partial charge in [-0.25, -0.2) is 9.37 Å². The number of aromatic nitrogens is 1. The highest BCUT2D eigenvalue weighted by Gasteiger charge is 2.27. The maximum atomic E-state index is 13.7. The van der Waals surface area contributed by atoms with Gasteiger partial charge in [-0.1, -0.05) is 12.1 Å². The second-order valence-corrected chi connectivity index (χ2v) is 8.63. The molecular formula is C24H33FN4O. The van der Waals surface area contributed by atoms with Crippen molar-refractivity contribution < 1.29 is 9.13 Å². The monoisotopic (exact) mass is 412 g/mol. The molecule has 30 heavy (non-hydrogen) atoms. The van der Waals surface area contributed by atoms with E-state index >= 15 is 0 Å². The maximum absolute atomic E-state index is 13.7. The van der Waals surface area contributed by atoms with Crippen LogP contribution < -0.4 is 20.7 Å². The fraction of sp³-hybridized carbons (Fsp3) is 0.542. The molecule has 162 valence electrons. The summed E-state index contributed by atoms with van der Waals surface area (Å²) in [6.07, 6.45) is 7.76. The quantitative estimate of drug-likeness (QED) is 0.630. The Bertz CT molecular complexity index is 822. The van der Waals surface area contributed by atoms with Gasteiger partial charge in [0.05, 0.1) is 7.11 Å². The SMILES string of the molecule is COc1cc(C(C)N[C@H]2CC[C@@H](c3ccc(NC4CCNCC4)nc3)C2)ccc1F. The third-order valence-corrected chi connectivity index (χ3v) is 6.54. The molecule has 1 unspecified atom stereocenters. The summed E-state index contributed by atoms with van der Waals surface area (Å²) in [5.41, 5.74) is 2.37. The van der Waals surface area contributed by atoms with Crippen LogP contribution in [-0.2, 0) is 0 Å². The second-order valence-electron chi connectivity index (χ2n) is 8.63. The molecule has 1 aromatic heterocycles. The number of pyridine rings is 1. The number of hydrogen-bond donors (Lipinski definition) is 3. The van der Waals surface area contributed by atoms with Crippen LogP contribution in [0.15, 0.2) is 36.5 Å². The lowest BCUT2D eigenvalue weighted by molar-refractivity contribution is 0.384. The van der Waals surface area contributed by atoms with Crippen LogP contribution >= 0.6 is 0 Å². The van der Waals surface area contributed by atoms with E-state index in [0.29, 0.717) is 23.8 Å². The summed E-state index contributed by atoms with van der Waals surface area (Å²) in [6.45, 7) is 4.29. The zero-order valence-electron chi connectivity index (χ0n) is 18.0. The van der Waals surface area contributed by atoms with Crippen molar-refractivity contribution in [2.45, 2.75) is 63.1 Å². The summed E-state index contributed by atoms with van der Waals surface area (Å²) in [5, 5.41) is 10.7. The van der Waals surface area contributed by atoms with Crippen molar-refractivity contribution in [2.75, 3.05) is 25.5 Å². The molecule has 1 aliphatic carbocycles.